The summed E-state index contributed by atoms with van der Waals surface area (Å²) in [4.78, 5) is 0. The van der Waals surface area contributed by atoms with Gasteiger partial charge in [-0.3, -0.25) is 0 Å². The Hall–Kier alpha value is -1.25. The van der Waals surface area contributed by atoms with Crippen LogP contribution in [0.25, 0.3) is 0 Å². The first kappa shape index (κ1) is 15.1. The van der Waals surface area contributed by atoms with Gasteiger partial charge in [0.15, 0.2) is 0 Å². The Bertz CT molecular complexity index is 549. The van der Waals surface area contributed by atoms with E-state index in [-0.39, 0.29) is 11.9 Å². The van der Waals surface area contributed by atoms with Crippen LogP contribution >= 0.6 is 23.2 Å². The summed E-state index contributed by atoms with van der Waals surface area (Å²) in [6, 6.07) is 12.3. The van der Waals surface area contributed by atoms with E-state index < -0.39 is 0 Å². The highest BCUT2D eigenvalue weighted by molar-refractivity contribution is 6.31. The lowest BCUT2D eigenvalue weighted by atomic mass is 10.0. The van der Waals surface area contributed by atoms with Gasteiger partial charge in [0.25, 0.3) is 0 Å². The monoisotopic (exact) mass is 311 g/mol. The number of rotatable bonds is 5. The third kappa shape index (κ3) is 4.12. The van der Waals surface area contributed by atoms with Crippen molar-refractivity contribution >= 4 is 28.9 Å². The van der Waals surface area contributed by atoms with E-state index in [1.807, 2.05) is 24.3 Å². The Morgan fingerprint density at radius 3 is 2.35 bits per heavy atom. The van der Waals surface area contributed by atoms with Gasteiger partial charge in [0.1, 0.15) is 5.82 Å². The van der Waals surface area contributed by atoms with Gasteiger partial charge >= 0.3 is 0 Å². The molecule has 106 valence electrons. The zero-order chi connectivity index (χ0) is 14.5. The van der Waals surface area contributed by atoms with Gasteiger partial charge in [0.2, 0.25) is 0 Å². The van der Waals surface area contributed by atoms with Gasteiger partial charge < -0.3 is 5.32 Å². The predicted octanol–water partition coefficient (Wildman–Crippen LogP) is 6.09. The SMILES string of the molecule is CCCC(Nc1cc(F)cc(Cl)c1)c1ccc(Cl)cc1. The Morgan fingerprint density at radius 1 is 1.05 bits per heavy atom. The van der Waals surface area contributed by atoms with Crippen molar-refractivity contribution in [1.82, 2.24) is 0 Å². The number of nitrogens with one attached hydrogen (secondary N) is 1. The number of benzene rings is 2. The minimum atomic E-state index is -0.341. The largest absolute Gasteiger partial charge is 0.378 e. The molecule has 4 heteroatoms. The summed E-state index contributed by atoms with van der Waals surface area (Å²) in [6.45, 7) is 2.11. The summed E-state index contributed by atoms with van der Waals surface area (Å²) >= 11 is 11.8. The molecular weight excluding hydrogens is 296 g/mol. The number of halogens is 3. The fraction of sp³-hybridized carbons (Fsp3) is 0.250. The maximum absolute atomic E-state index is 13.4. The molecule has 0 saturated heterocycles. The molecule has 0 spiro atoms. The van der Waals surface area contributed by atoms with Crippen molar-refractivity contribution < 1.29 is 4.39 Å². The van der Waals surface area contributed by atoms with Gasteiger partial charge in [-0.05, 0) is 42.3 Å². The van der Waals surface area contributed by atoms with E-state index in [0.717, 1.165) is 18.4 Å². The molecule has 0 fully saturated rings. The van der Waals surface area contributed by atoms with Crippen LogP contribution in [-0.2, 0) is 0 Å². The van der Waals surface area contributed by atoms with Gasteiger partial charge in [0.05, 0.1) is 6.04 Å². The van der Waals surface area contributed by atoms with Gasteiger partial charge in [0, 0.05) is 15.7 Å². The molecule has 0 aliphatic heterocycles. The lowest BCUT2D eigenvalue weighted by Crippen LogP contribution is -2.10. The van der Waals surface area contributed by atoms with Crippen molar-refractivity contribution in [3.05, 3.63) is 63.9 Å². The van der Waals surface area contributed by atoms with Crippen LogP contribution in [0.1, 0.15) is 31.4 Å². The molecule has 0 heterocycles. The maximum Gasteiger partial charge on any atom is 0.126 e. The van der Waals surface area contributed by atoms with Gasteiger partial charge in [-0.15, -0.1) is 0 Å². The lowest BCUT2D eigenvalue weighted by molar-refractivity contribution is 0.626. The molecule has 1 nitrogen and oxygen atoms in total. The molecule has 2 aromatic rings. The first-order chi connectivity index (χ1) is 9.58. The second-order valence-electron chi connectivity index (χ2n) is 4.70. The number of hydrogen-bond acceptors (Lipinski definition) is 1. The summed E-state index contributed by atoms with van der Waals surface area (Å²) in [5, 5.41) is 4.42. The van der Waals surface area contributed by atoms with E-state index in [0.29, 0.717) is 15.7 Å². The molecule has 2 rings (SSSR count). The Kier molecular flexibility index (Phi) is 5.27. The Morgan fingerprint density at radius 2 is 1.75 bits per heavy atom. The fourth-order valence-corrected chi connectivity index (χ4v) is 2.49. The maximum atomic E-state index is 13.4. The summed E-state index contributed by atoms with van der Waals surface area (Å²) in [5.74, 6) is -0.341. The minimum Gasteiger partial charge on any atom is -0.378 e. The van der Waals surface area contributed by atoms with Crippen LogP contribution in [0.15, 0.2) is 42.5 Å². The molecule has 0 radical (unpaired) electrons. The summed E-state index contributed by atoms with van der Waals surface area (Å²) < 4.78 is 13.4. The highest BCUT2D eigenvalue weighted by atomic mass is 35.5. The minimum absolute atomic E-state index is 0.107. The number of anilines is 1. The fourth-order valence-electron chi connectivity index (χ4n) is 2.14. The molecule has 0 saturated carbocycles. The van der Waals surface area contributed by atoms with Crippen molar-refractivity contribution in [3.8, 4) is 0 Å². The molecule has 2 aromatic carbocycles. The highest BCUT2D eigenvalue weighted by Gasteiger charge is 2.11. The molecule has 0 amide bonds. The van der Waals surface area contributed by atoms with Gasteiger partial charge in [-0.1, -0.05) is 48.7 Å². The van der Waals surface area contributed by atoms with E-state index in [4.69, 9.17) is 23.2 Å². The van der Waals surface area contributed by atoms with E-state index in [2.05, 4.69) is 12.2 Å². The van der Waals surface area contributed by atoms with Crippen LogP contribution in [0.2, 0.25) is 10.0 Å². The molecule has 1 N–H and O–H groups in total. The van der Waals surface area contributed by atoms with Crippen molar-refractivity contribution in [2.24, 2.45) is 0 Å². The topological polar surface area (TPSA) is 12.0 Å². The second kappa shape index (κ2) is 6.96. The third-order valence-electron chi connectivity index (χ3n) is 3.05. The first-order valence-electron chi connectivity index (χ1n) is 6.56. The molecule has 0 bridgehead atoms. The lowest BCUT2D eigenvalue weighted by Gasteiger charge is -2.20. The molecular formula is C16H16Cl2FN. The molecule has 0 aliphatic carbocycles. The van der Waals surface area contributed by atoms with Crippen LogP contribution in [-0.4, -0.2) is 0 Å². The molecule has 1 atom stereocenters. The first-order valence-corrected chi connectivity index (χ1v) is 7.32. The zero-order valence-corrected chi connectivity index (χ0v) is 12.7. The standard InChI is InChI=1S/C16H16Cl2FN/c1-2-3-16(11-4-6-12(17)7-5-11)20-15-9-13(18)8-14(19)10-15/h4-10,16,20H,2-3H2,1H3. The van der Waals surface area contributed by atoms with Gasteiger partial charge in [-0.2, -0.15) is 0 Å². The predicted molar refractivity (Wildman–Crippen MR) is 84.1 cm³/mol. The second-order valence-corrected chi connectivity index (χ2v) is 5.57. The quantitative estimate of drug-likeness (QED) is 0.705. The van der Waals surface area contributed by atoms with Crippen molar-refractivity contribution in [2.75, 3.05) is 5.32 Å². The van der Waals surface area contributed by atoms with E-state index in [1.165, 1.54) is 12.1 Å². The van der Waals surface area contributed by atoms with Crippen molar-refractivity contribution in [3.63, 3.8) is 0 Å². The summed E-state index contributed by atoms with van der Waals surface area (Å²) in [7, 11) is 0. The van der Waals surface area contributed by atoms with Crippen LogP contribution in [0.3, 0.4) is 0 Å². The molecule has 0 aliphatic rings. The highest BCUT2D eigenvalue weighted by Crippen LogP contribution is 2.27. The van der Waals surface area contributed by atoms with Crippen LogP contribution < -0.4 is 5.32 Å². The molecule has 20 heavy (non-hydrogen) atoms. The van der Waals surface area contributed by atoms with Crippen LogP contribution in [0.4, 0.5) is 10.1 Å². The van der Waals surface area contributed by atoms with E-state index >= 15 is 0 Å². The van der Waals surface area contributed by atoms with E-state index in [1.54, 1.807) is 6.07 Å². The van der Waals surface area contributed by atoms with Crippen LogP contribution in [0.5, 0.6) is 0 Å². The smallest absolute Gasteiger partial charge is 0.126 e. The van der Waals surface area contributed by atoms with Gasteiger partial charge in [-0.25, -0.2) is 4.39 Å². The molecule has 1 unspecified atom stereocenters. The average molecular weight is 312 g/mol. The zero-order valence-electron chi connectivity index (χ0n) is 11.2. The molecule has 0 aromatic heterocycles. The summed E-state index contributed by atoms with van der Waals surface area (Å²) in [6.07, 6.45) is 1.96. The average Bonchev–Trinajstić information content (AvgIpc) is 2.38. The Labute approximate surface area is 128 Å². The van der Waals surface area contributed by atoms with Crippen molar-refractivity contribution in [2.45, 2.75) is 25.8 Å². The normalized spacial score (nSPS) is 12.2. The Balaban J connectivity index is 2.22. The van der Waals surface area contributed by atoms with E-state index in [9.17, 15) is 4.39 Å². The third-order valence-corrected chi connectivity index (χ3v) is 3.52. The van der Waals surface area contributed by atoms with Crippen LogP contribution in [0, 0.1) is 5.82 Å². The van der Waals surface area contributed by atoms with Crippen molar-refractivity contribution in [1.29, 1.82) is 0 Å². The number of hydrogen-bond donors (Lipinski definition) is 1. The summed E-state index contributed by atoms with van der Waals surface area (Å²) in [5.41, 5.74) is 1.81.